The number of carbonyl (C=O) groups excluding carboxylic acids is 1. The van der Waals surface area contributed by atoms with Crippen LogP contribution in [-0.4, -0.2) is 39.0 Å². The summed E-state index contributed by atoms with van der Waals surface area (Å²) in [5.74, 6) is 0.159. The van der Waals surface area contributed by atoms with Crippen LogP contribution in [0.15, 0.2) is 87.8 Å². The zero-order valence-corrected chi connectivity index (χ0v) is 20.2. The summed E-state index contributed by atoms with van der Waals surface area (Å²) >= 11 is 1.09. The zero-order valence-electron chi connectivity index (χ0n) is 19.4. The minimum atomic E-state index is -0.495. The molecule has 0 radical (unpaired) electrons. The average molecular weight is 504 g/mol. The van der Waals surface area contributed by atoms with Gasteiger partial charge in [0.25, 0.3) is 17.2 Å². The lowest BCUT2D eigenvalue weighted by Gasteiger charge is -2.13. The van der Waals surface area contributed by atoms with Crippen LogP contribution in [0.5, 0.6) is 5.75 Å². The lowest BCUT2D eigenvalue weighted by Crippen LogP contribution is -2.24. The summed E-state index contributed by atoms with van der Waals surface area (Å²) in [6.07, 6.45) is 0. The first kappa shape index (κ1) is 24.6. The zero-order chi connectivity index (χ0) is 25.7. The molecular weight excluding hydrogens is 482 g/mol. The quantitative estimate of drug-likeness (QED) is 0.127. The molecule has 1 aromatic heterocycles. The molecule has 1 N–H and O–H groups in total. The highest BCUT2D eigenvalue weighted by Gasteiger charge is 2.15. The van der Waals surface area contributed by atoms with E-state index in [1.165, 1.54) is 16.7 Å². The molecule has 1 amide bonds. The average Bonchev–Trinajstić information content (AvgIpc) is 2.90. The SMILES string of the molecule is COc1ccc(-n2c(SCC(=O)NN=C(C)c3cccc([N+](=O)[O-])c3)nc3ccccc3c2=O)cc1. The predicted octanol–water partition coefficient (Wildman–Crippen LogP) is 3.94. The van der Waals surface area contributed by atoms with Gasteiger partial charge in [0.1, 0.15) is 5.75 Å². The van der Waals surface area contributed by atoms with Gasteiger partial charge in [0.05, 0.1) is 40.1 Å². The number of nitrogens with one attached hydrogen (secondary N) is 1. The van der Waals surface area contributed by atoms with Gasteiger partial charge in [-0.25, -0.2) is 10.4 Å². The maximum absolute atomic E-state index is 13.3. The van der Waals surface area contributed by atoms with Gasteiger partial charge in [-0.15, -0.1) is 0 Å². The number of nitrogens with zero attached hydrogens (tertiary/aromatic N) is 4. The first-order valence-electron chi connectivity index (χ1n) is 10.7. The number of aromatic nitrogens is 2. The number of carbonyl (C=O) groups is 1. The molecule has 11 heteroatoms. The number of para-hydroxylation sites is 1. The standard InChI is InChI=1S/C25H21N5O5S/c1-16(17-6-5-7-19(14-17)30(33)34)27-28-23(31)15-36-25-26-22-9-4-3-8-21(22)24(32)29(25)18-10-12-20(35-2)13-11-18/h3-14H,15H2,1-2H3,(H,28,31). The van der Waals surface area contributed by atoms with E-state index in [2.05, 4.69) is 15.5 Å². The van der Waals surface area contributed by atoms with E-state index in [1.54, 1.807) is 74.7 Å². The third-order valence-corrected chi connectivity index (χ3v) is 6.17. The van der Waals surface area contributed by atoms with Crippen molar-refractivity contribution in [3.05, 3.63) is 98.8 Å². The molecule has 3 aromatic carbocycles. The van der Waals surface area contributed by atoms with Crippen LogP contribution in [0.3, 0.4) is 0 Å². The first-order valence-corrected chi connectivity index (χ1v) is 11.7. The van der Waals surface area contributed by atoms with Crippen LogP contribution in [0, 0.1) is 10.1 Å². The Morgan fingerprint density at radius 3 is 2.61 bits per heavy atom. The summed E-state index contributed by atoms with van der Waals surface area (Å²) in [5.41, 5.74) is 4.17. The number of fused-ring (bicyclic) bond motifs is 1. The fourth-order valence-electron chi connectivity index (χ4n) is 3.39. The fraction of sp³-hybridized carbons (Fsp3) is 0.120. The molecule has 10 nitrogen and oxygen atoms in total. The molecule has 0 unspecified atom stereocenters. The molecule has 4 aromatic rings. The van der Waals surface area contributed by atoms with Crippen molar-refractivity contribution >= 4 is 40.0 Å². The van der Waals surface area contributed by atoms with Crippen LogP contribution in [0.2, 0.25) is 0 Å². The number of hydrogen-bond donors (Lipinski definition) is 1. The van der Waals surface area contributed by atoms with Crippen LogP contribution < -0.4 is 15.7 Å². The molecule has 36 heavy (non-hydrogen) atoms. The summed E-state index contributed by atoms with van der Waals surface area (Å²) < 4.78 is 6.66. The largest absolute Gasteiger partial charge is 0.497 e. The minimum absolute atomic E-state index is 0.0628. The van der Waals surface area contributed by atoms with Gasteiger partial charge in [0.2, 0.25) is 0 Å². The number of hydrazone groups is 1. The fourth-order valence-corrected chi connectivity index (χ4v) is 4.19. The van der Waals surface area contributed by atoms with Crippen LogP contribution >= 0.6 is 11.8 Å². The molecule has 0 aliphatic rings. The van der Waals surface area contributed by atoms with E-state index in [0.717, 1.165) is 11.8 Å². The van der Waals surface area contributed by atoms with E-state index in [1.807, 2.05) is 0 Å². The van der Waals surface area contributed by atoms with Crippen molar-refractivity contribution in [1.29, 1.82) is 0 Å². The number of non-ortho nitro benzene ring substituents is 1. The molecule has 4 rings (SSSR count). The van der Waals surface area contributed by atoms with Gasteiger partial charge in [-0.1, -0.05) is 36.0 Å². The van der Waals surface area contributed by atoms with Gasteiger partial charge in [-0.05, 0) is 43.3 Å². The Kier molecular flexibility index (Phi) is 7.40. The van der Waals surface area contributed by atoms with E-state index in [0.29, 0.717) is 38.8 Å². The molecule has 1 heterocycles. The summed E-state index contributed by atoms with van der Waals surface area (Å²) in [6.45, 7) is 1.64. The Labute approximate surface area is 209 Å². The molecule has 0 spiro atoms. The van der Waals surface area contributed by atoms with E-state index < -0.39 is 10.8 Å². The van der Waals surface area contributed by atoms with Gasteiger partial charge < -0.3 is 4.74 Å². The summed E-state index contributed by atoms with van der Waals surface area (Å²) in [7, 11) is 1.56. The second-order valence-corrected chi connectivity index (χ2v) is 8.52. The third-order valence-electron chi connectivity index (χ3n) is 5.23. The Hall–Kier alpha value is -4.51. The van der Waals surface area contributed by atoms with Crippen molar-refractivity contribution in [3.63, 3.8) is 0 Å². The van der Waals surface area contributed by atoms with Crippen LogP contribution in [0.4, 0.5) is 5.69 Å². The van der Waals surface area contributed by atoms with Crippen molar-refractivity contribution in [2.45, 2.75) is 12.1 Å². The van der Waals surface area contributed by atoms with E-state index in [-0.39, 0.29) is 17.0 Å². The topological polar surface area (TPSA) is 129 Å². The molecule has 0 bridgehead atoms. The second kappa shape index (κ2) is 10.8. The predicted molar refractivity (Wildman–Crippen MR) is 138 cm³/mol. The maximum atomic E-state index is 13.3. The normalized spacial score (nSPS) is 11.3. The Morgan fingerprint density at radius 2 is 1.89 bits per heavy atom. The molecule has 0 aliphatic heterocycles. The number of benzene rings is 3. The van der Waals surface area contributed by atoms with Crippen molar-refractivity contribution in [2.75, 3.05) is 12.9 Å². The summed E-state index contributed by atoms with van der Waals surface area (Å²) in [6, 6.07) is 20.0. The highest BCUT2D eigenvalue weighted by molar-refractivity contribution is 7.99. The number of nitro groups is 1. The van der Waals surface area contributed by atoms with Crippen LogP contribution in [0.1, 0.15) is 12.5 Å². The van der Waals surface area contributed by atoms with Crippen LogP contribution in [-0.2, 0) is 4.79 Å². The van der Waals surface area contributed by atoms with Crippen molar-refractivity contribution in [3.8, 4) is 11.4 Å². The molecule has 0 saturated heterocycles. The minimum Gasteiger partial charge on any atom is -0.497 e. The monoisotopic (exact) mass is 503 g/mol. The van der Waals surface area contributed by atoms with Crippen LogP contribution in [0.25, 0.3) is 16.6 Å². The summed E-state index contributed by atoms with van der Waals surface area (Å²) in [5, 5.41) is 15.8. The molecule has 0 atom stereocenters. The number of methoxy groups -OCH3 is 1. The number of ether oxygens (including phenoxy) is 1. The van der Waals surface area contributed by atoms with Crippen molar-refractivity contribution < 1.29 is 14.5 Å². The smallest absolute Gasteiger partial charge is 0.270 e. The van der Waals surface area contributed by atoms with Gasteiger partial charge in [0, 0.05) is 17.7 Å². The van der Waals surface area contributed by atoms with Crippen molar-refractivity contribution in [1.82, 2.24) is 15.0 Å². The van der Waals surface area contributed by atoms with Gasteiger partial charge in [-0.2, -0.15) is 5.10 Å². The van der Waals surface area contributed by atoms with Crippen molar-refractivity contribution in [2.24, 2.45) is 5.10 Å². The Balaban J connectivity index is 1.56. The van der Waals surface area contributed by atoms with E-state index in [9.17, 15) is 19.7 Å². The maximum Gasteiger partial charge on any atom is 0.270 e. The highest BCUT2D eigenvalue weighted by atomic mass is 32.2. The molecule has 0 aliphatic carbocycles. The molecule has 0 fully saturated rings. The van der Waals surface area contributed by atoms with Gasteiger partial charge in [-0.3, -0.25) is 24.3 Å². The number of hydrogen-bond acceptors (Lipinski definition) is 8. The second-order valence-electron chi connectivity index (χ2n) is 7.58. The third kappa shape index (κ3) is 5.41. The lowest BCUT2D eigenvalue weighted by atomic mass is 10.1. The van der Waals surface area contributed by atoms with Gasteiger partial charge in [0.15, 0.2) is 5.16 Å². The van der Waals surface area contributed by atoms with E-state index >= 15 is 0 Å². The lowest BCUT2D eigenvalue weighted by molar-refractivity contribution is -0.384. The Morgan fingerprint density at radius 1 is 1.14 bits per heavy atom. The first-order chi connectivity index (χ1) is 17.4. The van der Waals surface area contributed by atoms with Gasteiger partial charge >= 0.3 is 0 Å². The molecule has 182 valence electrons. The number of amides is 1. The van der Waals surface area contributed by atoms with E-state index in [4.69, 9.17) is 4.74 Å². The summed E-state index contributed by atoms with van der Waals surface area (Å²) in [4.78, 5) is 40.9. The molecule has 0 saturated carbocycles. The molecular formula is C25H21N5O5S. The number of nitro benzene ring substituents is 1. The Bertz CT molecular complexity index is 1530. The highest BCUT2D eigenvalue weighted by Crippen LogP contribution is 2.23. The number of thioether (sulfide) groups is 1. The number of rotatable bonds is 8.